The van der Waals surface area contributed by atoms with Crippen LogP contribution in [0.5, 0.6) is 11.5 Å². The standard InChI is InChI=1S/C21H19N3O2/c1-2-14-22-17-10-13-20(23-15-17)21(25)24-16-8-11-19(12-9-16)26-18-6-4-3-5-7-18/h2-13,15,22H,1,14H2,(H,24,25). The van der Waals surface area contributed by atoms with Crippen molar-refractivity contribution in [2.45, 2.75) is 0 Å². The van der Waals surface area contributed by atoms with Gasteiger partial charge in [-0.25, -0.2) is 4.98 Å². The largest absolute Gasteiger partial charge is 0.457 e. The summed E-state index contributed by atoms with van der Waals surface area (Å²) >= 11 is 0. The minimum Gasteiger partial charge on any atom is -0.457 e. The molecule has 3 aromatic rings. The van der Waals surface area contributed by atoms with Gasteiger partial charge in [-0.1, -0.05) is 24.3 Å². The lowest BCUT2D eigenvalue weighted by molar-refractivity contribution is 0.102. The Bertz CT molecular complexity index is 860. The van der Waals surface area contributed by atoms with Crippen molar-refractivity contribution in [3.8, 4) is 11.5 Å². The maximum atomic E-state index is 12.3. The summed E-state index contributed by atoms with van der Waals surface area (Å²) in [5, 5.41) is 5.93. The Hall–Kier alpha value is -3.60. The van der Waals surface area contributed by atoms with Crippen LogP contribution in [0.3, 0.4) is 0 Å². The average molecular weight is 345 g/mol. The molecule has 1 heterocycles. The van der Waals surface area contributed by atoms with Gasteiger partial charge in [0.05, 0.1) is 11.9 Å². The lowest BCUT2D eigenvalue weighted by atomic mass is 10.2. The minimum atomic E-state index is -0.267. The second-order valence-electron chi connectivity index (χ2n) is 5.50. The van der Waals surface area contributed by atoms with E-state index in [-0.39, 0.29) is 5.91 Å². The second kappa shape index (κ2) is 8.48. The van der Waals surface area contributed by atoms with E-state index >= 15 is 0 Å². The number of anilines is 2. The summed E-state index contributed by atoms with van der Waals surface area (Å²) < 4.78 is 5.73. The number of rotatable bonds is 7. The summed E-state index contributed by atoms with van der Waals surface area (Å²) in [5.74, 6) is 1.20. The van der Waals surface area contributed by atoms with E-state index in [1.54, 1.807) is 42.6 Å². The van der Waals surface area contributed by atoms with E-state index < -0.39 is 0 Å². The zero-order valence-electron chi connectivity index (χ0n) is 14.2. The van der Waals surface area contributed by atoms with Gasteiger partial charge >= 0.3 is 0 Å². The Kier molecular flexibility index (Phi) is 5.62. The van der Waals surface area contributed by atoms with Crippen LogP contribution in [0.15, 0.2) is 85.6 Å². The molecule has 2 N–H and O–H groups in total. The molecular formula is C21H19N3O2. The molecule has 3 rings (SSSR count). The third-order valence-corrected chi connectivity index (χ3v) is 3.54. The molecule has 0 spiro atoms. The van der Waals surface area contributed by atoms with Gasteiger partial charge in [0.25, 0.3) is 5.91 Å². The molecule has 5 nitrogen and oxygen atoms in total. The smallest absolute Gasteiger partial charge is 0.274 e. The molecule has 0 bridgehead atoms. The number of nitrogens with zero attached hydrogens (tertiary/aromatic N) is 1. The van der Waals surface area contributed by atoms with Crippen LogP contribution < -0.4 is 15.4 Å². The first kappa shape index (κ1) is 17.2. The number of hydrogen-bond donors (Lipinski definition) is 2. The van der Waals surface area contributed by atoms with Crippen molar-refractivity contribution in [3.63, 3.8) is 0 Å². The number of para-hydroxylation sites is 1. The topological polar surface area (TPSA) is 63.2 Å². The third-order valence-electron chi connectivity index (χ3n) is 3.54. The highest BCUT2D eigenvalue weighted by atomic mass is 16.5. The van der Waals surface area contributed by atoms with E-state index in [1.807, 2.05) is 36.4 Å². The monoisotopic (exact) mass is 345 g/mol. The third kappa shape index (κ3) is 4.70. The van der Waals surface area contributed by atoms with Gasteiger partial charge in [-0.3, -0.25) is 4.79 Å². The number of carbonyl (C=O) groups is 1. The number of hydrogen-bond acceptors (Lipinski definition) is 4. The van der Waals surface area contributed by atoms with Gasteiger partial charge in [0.2, 0.25) is 0 Å². The van der Waals surface area contributed by atoms with Gasteiger partial charge in [0, 0.05) is 12.2 Å². The van der Waals surface area contributed by atoms with E-state index in [9.17, 15) is 4.79 Å². The fourth-order valence-electron chi connectivity index (χ4n) is 2.25. The van der Waals surface area contributed by atoms with E-state index in [4.69, 9.17) is 4.74 Å². The number of amides is 1. The van der Waals surface area contributed by atoms with Crippen LogP contribution in [0, 0.1) is 0 Å². The molecule has 2 aromatic carbocycles. The van der Waals surface area contributed by atoms with Crippen LogP contribution in [-0.2, 0) is 0 Å². The predicted octanol–water partition coefficient (Wildman–Crippen LogP) is 4.72. The highest BCUT2D eigenvalue weighted by molar-refractivity contribution is 6.02. The molecule has 0 saturated carbocycles. The lowest BCUT2D eigenvalue weighted by Gasteiger charge is -2.08. The van der Waals surface area contributed by atoms with Crippen molar-refractivity contribution < 1.29 is 9.53 Å². The van der Waals surface area contributed by atoms with Gasteiger partial charge in [0.1, 0.15) is 17.2 Å². The van der Waals surface area contributed by atoms with Crippen LogP contribution >= 0.6 is 0 Å². The maximum Gasteiger partial charge on any atom is 0.274 e. The quantitative estimate of drug-likeness (QED) is 0.608. The van der Waals surface area contributed by atoms with Crippen LogP contribution in [0.2, 0.25) is 0 Å². The molecular weight excluding hydrogens is 326 g/mol. The Labute approximate surface area is 152 Å². The normalized spacial score (nSPS) is 10.0. The van der Waals surface area contributed by atoms with Crippen molar-refractivity contribution >= 4 is 17.3 Å². The van der Waals surface area contributed by atoms with Gasteiger partial charge < -0.3 is 15.4 Å². The fraction of sp³-hybridized carbons (Fsp3) is 0.0476. The Morgan fingerprint density at radius 2 is 1.65 bits per heavy atom. The van der Waals surface area contributed by atoms with Gasteiger partial charge in [-0.2, -0.15) is 0 Å². The molecule has 0 aliphatic heterocycles. The van der Waals surface area contributed by atoms with Crippen LogP contribution in [0.1, 0.15) is 10.5 Å². The van der Waals surface area contributed by atoms with Crippen molar-refractivity contribution in [1.29, 1.82) is 0 Å². The Morgan fingerprint density at radius 3 is 2.31 bits per heavy atom. The second-order valence-corrected chi connectivity index (χ2v) is 5.50. The minimum absolute atomic E-state index is 0.267. The number of aromatic nitrogens is 1. The molecule has 0 saturated heterocycles. The molecule has 5 heteroatoms. The van der Waals surface area contributed by atoms with Crippen LogP contribution in [0.4, 0.5) is 11.4 Å². The van der Waals surface area contributed by atoms with Gasteiger partial charge in [-0.15, -0.1) is 6.58 Å². The molecule has 0 unspecified atom stereocenters. The van der Waals surface area contributed by atoms with Crippen molar-refractivity contribution in [3.05, 3.63) is 91.3 Å². The van der Waals surface area contributed by atoms with Gasteiger partial charge in [-0.05, 0) is 48.5 Å². The molecule has 1 amide bonds. The zero-order valence-corrected chi connectivity index (χ0v) is 14.2. The molecule has 0 atom stereocenters. The van der Waals surface area contributed by atoms with E-state index in [0.29, 0.717) is 23.7 Å². The number of benzene rings is 2. The first-order chi connectivity index (χ1) is 12.7. The predicted molar refractivity (Wildman–Crippen MR) is 104 cm³/mol. The van der Waals surface area contributed by atoms with E-state index in [2.05, 4.69) is 22.2 Å². The molecule has 1 aromatic heterocycles. The summed E-state index contributed by atoms with van der Waals surface area (Å²) in [5.41, 5.74) is 1.86. The zero-order chi connectivity index (χ0) is 18.2. The summed E-state index contributed by atoms with van der Waals surface area (Å²) in [6.45, 7) is 4.29. The number of carbonyl (C=O) groups excluding carboxylic acids is 1. The van der Waals surface area contributed by atoms with E-state index in [0.717, 1.165) is 11.4 Å². The van der Waals surface area contributed by atoms with Crippen molar-refractivity contribution in [2.75, 3.05) is 17.2 Å². The fourth-order valence-corrected chi connectivity index (χ4v) is 2.25. The maximum absolute atomic E-state index is 12.3. The first-order valence-corrected chi connectivity index (χ1v) is 8.20. The number of nitrogens with one attached hydrogen (secondary N) is 2. The number of pyridine rings is 1. The summed E-state index contributed by atoms with van der Waals surface area (Å²) in [7, 11) is 0. The highest BCUT2D eigenvalue weighted by Gasteiger charge is 2.08. The summed E-state index contributed by atoms with van der Waals surface area (Å²) in [4.78, 5) is 16.4. The highest BCUT2D eigenvalue weighted by Crippen LogP contribution is 2.22. The molecule has 130 valence electrons. The molecule has 0 fully saturated rings. The Balaban J connectivity index is 1.59. The van der Waals surface area contributed by atoms with Gasteiger partial charge in [0.15, 0.2) is 0 Å². The first-order valence-electron chi connectivity index (χ1n) is 8.20. The molecule has 0 aliphatic rings. The van der Waals surface area contributed by atoms with Crippen molar-refractivity contribution in [2.24, 2.45) is 0 Å². The Morgan fingerprint density at radius 1 is 0.962 bits per heavy atom. The summed E-state index contributed by atoms with van der Waals surface area (Å²) in [6, 6.07) is 20.2. The van der Waals surface area contributed by atoms with Crippen LogP contribution in [0.25, 0.3) is 0 Å². The lowest BCUT2D eigenvalue weighted by Crippen LogP contribution is -2.13. The molecule has 26 heavy (non-hydrogen) atoms. The van der Waals surface area contributed by atoms with Crippen molar-refractivity contribution in [1.82, 2.24) is 4.98 Å². The molecule has 0 radical (unpaired) electrons. The average Bonchev–Trinajstić information content (AvgIpc) is 2.69. The number of ether oxygens (including phenoxy) is 1. The molecule has 0 aliphatic carbocycles. The van der Waals surface area contributed by atoms with E-state index in [1.165, 1.54) is 0 Å². The SMILES string of the molecule is C=CCNc1ccc(C(=O)Nc2ccc(Oc3ccccc3)cc2)nc1. The summed E-state index contributed by atoms with van der Waals surface area (Å²) in [6.07, 6.45) is 3.38. The van der Waals surface area contributed by atoms with Crippen LogP contribution in [-0.4, -0.2) is 17.4 Å².